The van der Waals surface area contributed by atoms with Gasteiger partial charge < -0.3 is 14.4 Å². The number of rotatable bonds is 7. The van der Waals surface area contributed by atoms with E-state index in [4.69, 9.17) is 9.47 Å². The maximum atomic E-state index is 11.9. The number of benzene rings is 1. The van der Waals surface area contributed by atoms with Crippen LogP contribution in [-0.2, 0) is 29.1 Å². The third-order valence-electron chi connectivity index (χ3n) is 3.66. The Balaban J connectivity index is 1.74. The van der Waals surface area contributed by atoms with E-state index in [-0.39, 0.29) is 5.91 Å². The van der Waals surface area contributed by atoms with Gasteiger partial charge in [-0.2, -0.15) is 0 Å². The number of esters is 1. The number of carbonyl (C=O) groups is 2. The normalized spacial score (nSPS) is 15.2. The number of morpholine rings is 1. The van der Waals surface area contributed by atoms with Crippen LogP contribution < -0.4 is 4.72 Å². The van der Waals surface area contributed by atoms with Crippen molar-refractivity contribution in [1.82, 2.24) is 9.62 Å². The molecule has 1 aromatic rings. The molecule has 1 fully saturated rings. The predicted molar refractivity (Wildman–Crippen MR) is 95.5 cm³/mol. The third kappa shape index (κ3) is 6.95. The van der Waals surface area contributed by atoms with E-state index in [0.29, 0.717) is 26.3 Å². The van der Waals surface area contributed by atoms with Crippen molar-refractivity contribution >= 4 is 28.0 Å². The highest BCUT2D eigenvalue weighted by Gasteiger charge is 2.18. The smallest absolute Gasteiger partial charge is 0.321 e. The summed E-state index contributed by atoms with van der Waals surface area (Å²) in [7, 11) is -3.79. The zero-order valence-corrected chi connectivity index (χ0v) is 15.3. The first kappa shape index (κ1) is 20.1. The molecule has 0 radical (unpaired) electrons. The van der Waals surface area contributed by atoms with Gasteiger partial charge in [-0.25, -0.2) is 13.1 Å². The number of aryl methyl sites for hydroxylation is 1. The van der Waals surface area contributed by atoms with Crippen LogP contribution in [0.15, 0.2) is 29.7 Å². The molecule has 2 rings (SSSR count). The van der Waals surface area contributed by atoms with E-state index in [1.807, 2.05) is 19.1 Å². The summed E-state index contributed by atoms with van der Waals surface area (Å²) in [5, 5.41) is 0.976. The first-order valence-electron chi connectivity index (χ1n) is 8.11. The molecule has 0 saturated carbocycles. The molecule has 0 bridgehead atoms. The largest absolute Gasteiger partial charge is 0.455 e. The number of ether oxygens (including phenoxy) is 2. The SMILES string of the molecule is Cc1ccc(/C=C/S(=O)(=O)NCC(=O)OCC(=O)N2CCOCC2)cc1. The number of hydrogen-bond acceptors (Lipinski definition) is 6. The number of carbonyl (C=O) groups excluding carboxylic acids is 2. The van der Waals surface area contributed by atoms with Gasteiger partial charge in [0.2, 0.25) is 10.0 Å². The Bertz CT molecular complexity index is 752. The monoisotopic (exact) mass is 382 g/mol. The minimum Gasteiger partial charge on any atom is -0.455 e. The van der Waals surface area contributed by atoms with Crippen LogP contribution in [0.3, 0.4) is 0 Å². The highest BCUT2D eigenvalue weighted by Crippen LogP contribution is 2.06. The molecule has 1 aliphatic heterocycles. The summed E-state index contributed by atoms with van der Waals surface area (Å²) >= 11 is 0. The summed E-state index contributed by atoms with van der Waals surface area (Å²) in [5.74, 6) is -1.15. The Hall–Kier alpha value is -2.23. The molecule has 1 heterocycles. The van der Waals surface area contributed by atoms with E-state index in [0.717, 1.165) is 16.5 Å². The molecular weight excluding hydrogens is 360 g/mol. The maximum Gasteiger partial charge on any atom is 0.321 e. The molecule has 0 unspecified atom stereocenters. The fraction of sp³-hybridized carbons (Fsp3) is 0.412. The lowest BCUT2D eigenvalue weighted by Gasteiger charge is -2.26. The Morgan fingerprint density at radius 3 is 2.54 bits per heavy atom. The highest BCUT2D eigenvalue weighted by molar-refractivity contribution is 7.92. The molecule has 9 heteroatoms. The van der Waals surface area contributed by atoms with E-state index in [2.05, 4.69) is 4.72 Å². The van der Waals surface area contributed by atoms with Crippen molar-refractivity contribution in [3.05, 3.63) is 40.8 Å². The van der Waals surface area contributed by atoms with Crippen molar-refractivity contribution in [2.75, 3.05) is 39.5 Å². The van der Waals surface area contributed by atoms with Crippen molar-refractivity contribution in [3.63, 3.8) is 0 Å². The average molecular weight is 382 g/mol. The van der Waals surface area contributed by atoms with Crippen molar-refractivity contribution < 1.29 is 27.5 Å². The van der Waals surface area contributed by atoms with Gasteiger partial charge in [-0.05, 0) is 18.6 Å². The number of nitrogens with zero attached hydrogens (tertiary/aromatic N) is 1. The highest BCUT2D eigenvalue weighted by atomic mass is 32.2. The third-order valence-corrected chi connectivity index (χ3v) is 4.70. The fourth-order valence-corrected chi connectivity index (χ4v) is 2.90. The molecule has 8 nitrogen and oxygen atoms in total. The van der Waals surface area contributed by atoms with Gasteiger partial charge in [-0.15, -0.1) is 0 Å². The zero-order valence-electron chi connectivity index (χ0n) is 14.5. The van der Waals surface area contributed by atoms with Crippen LogP contribution in [0.4, 0.5) is 0 Å². The minimum atomic E-state index is -3.79. The first-order valence-corrected chi connectivity index (χ1v) is 9.66. The van der Waals surface area contributed by atoms with Crippen LogP contribution in [0.2, 0.25) is 0 Å². The lowest BCUT2D eigenvalue weighted by Crippen LogP contribution is -2.43. The molecule has 1 aliphatic rings. The summed E-state index contributed by atoms with van der Waals surface area (Å²) in [5.41, 5.74) is 1.79. The van der Waals surface area contributed by atoms with Crippen LogP contribution >= 0.6 is 0 Å². The van der Waals surface area contributed by atoms with Crippen LogP contribution in [0, 0.1) is 6.92 Å². The predicted octanol–water partition coefficient (Wildman–Crippen LogP) is 0.287. The van der Waals surface area contributed by atoms with Crippen LogP contribution in [0.1, 0.15) is 11.1 Å². The number of sulfonamides is 1. The van der Waals surface area contributed by atoms with Gasteiger partial charge in [0.15, 0.2) is 6.61 Å². The summed E-state index contributed by atoms with van der Waals surface area (Å²) in [6.45, 7) is 2.77. The van der Waals surface area contributed by atoms with Gasteiger partial charge in [0, 0.05) is 18.5 Å². The quantitative estimate of drug-likeness (QED) is 0.680. The molecule has 26 heavy (non-hydrogen) atoms. The molecule has 0 aliphatic carbocycles. The van der Waals surface area contributed by atoms with Gasteiger partial charge in [0.25, 0.3) is 5.91 Å². The number of nitrogens with one attached hydrogen (secondary N) is 1. The number of amides is 1. The lowest BCUT2D eigenvalue weighted by molar-refractivity contribution is -0.152. The Morgan fingerprint density at radius 2 is 1.88 bits per heavy atom. The summed E-state index contributed by atoms with van der Waals surface area (Å²) in [6.07, 6.45) is 1.43. The van der Waals surface area contributed by atoms with Crippen LogP contribution in [0.5, 0.6) is 0 Å². The molecule has 0 atom stereocenters. The molecule has 1 aromatic carbocycles. The van der Waals surface area contributed by atoms with E-state index in [1.165, 1.54) is 11.0 Å². The van der Waals surface area contributed by atoms with Gasteiger partial charge in [-0.3, -0.25) is 9.59 Å². The van der Waals surface area contributed by atoms with Gasteiger partial charge in [0.05, 0.1) is 13.2 Å². The lowest BCUT2D eigenvalue weighted by atomic mass is 10.2. The molecule has 1 saturated heterocycles. The summed E-state index contributed by atoms with van der Waals surface area (Å²) < 4.78 is 35.8. The minimum absolute atomic E-state index is 0.330. The molecule has 0 spiro atoms. The van der Waals surface area contributed by atoms with Gasteiger partial charge in [0.1, 0.15) is 6.54 Å². The second-order valence-corrected chi connectivity index (χ2v) is 7.38. The second kappa shape index (κ2) is 9.46. The molecule has 1 N–H and O–H groups in total. The van der Waals surface area contributed by atoms with Crippen LogP contribution in [-0.4, -0.2) is 64.6 Å². The Labute approximate surface area is 152 Å². The van der Waals surface area contributed by atoms with Crippen molar-refractivity contribution in [2.45, 2.75) is 6.92 Å². The van der Waals surface area contributed by atoms with Gasteiger partial charge >= 0.3 is 5.97 Å². The molecule has 142 valence electrons. The fourth-order valence-electron chi connectivity index (χ4n) is 2.15. The van der Waals surface area contributed by atoms with Gasteiger partial charge in [-0.1, -0.05) is 29.8 Å². The van der Waals surface area contributed by atoms with Crippen molar-refractivity contribution in [2.24, 2.45) is 0 Å². The Morgan fingerprint density at radius 1 is 1.23 bits per heavy atom. The van der Waals surface area contributed by atoms with E-state index in [1.54, 1.807) is 12.1 Å². The summed E-state index contributed by atoms with van der Waals surface area (Å²) in [4.78, 5) is 25.0. The topological polar surface area (TPSA) is 102 Å². The maximum absolute atomic E-state index is 11.9. The molecular formula is C17H22N2O6S. The second-order valence-electron chi connectivity index (χ2n) is 5.73. The molecule has 1 amide bonds. The number of hydrogen-bond donors (Lipinski definition) is 1. The first-order chi connectivity index (χ1) is 12.4. The van der Waals surface area contributed by atoms with Crippen LogP contribution in [0.25, 0.3) is 6.08 Å². The van der Waals surface area contributed by atoms with E-state index < -0.39 is 29.1 Å². The Kier molecular flexibility index (Phi) is 7.31. The van der Waals surface area contributed by atoms with E-state index in [9.17, 15) is 18.0 Å². The van der Waals surface area contributed by atoms with Crippen molar-refractivity contribution in [3.8, 4) is 0 Å². The molecule has 0 aromatic heterocycles. The zero-order chi connectivity index (χ0) is 19.0. The average Bonchev–Trinajstić information content (AvgIpc) is 2.65. The standard InChI is InChI=1S/C17H22N2O6S/c1-14-2-4-15(5-3-14)6-11-26(22,23)18-12-17(21)25-13-16(20)19-7-9-24-10-8-19/h2-6,11,18H,7-10,12-13H2,1H3/b11-6+. The van der Waals surface area contributed by atoms with E-state index >= 15 is 0 Å². The summed E-state index contributed by atoms with van der Waals surface area (Å²) in [6, 6.07) is 7.30. The van der Waals surface area contributed by atoms with Crippen molar-refractivity contribution in [1.29, 1.82) is 0 Å².